The minimum absolute atomic E-state index is 0.105. The summed E-state index contributed by atoms with van der Waals surface area (Å²) in [5, 5.41) is 0. The highest BCUT2D eigenvalue weighted by atomic mass is 79.9. The number of methoxy groups -OCH3 is 1. The summed E-state index contributed by atoms with van der Waals surface area (Å²) >= 11 is 3.29. The molecule has 0 aromatic heterocycles. The Labute approximate surface area is 149 Å². The van der Waals surface area contributed by atoms with Gasteiger partial charge in [-0.15, -0.1) is 0 Å². The molecule has 0 aliphatic carbocycles. The van der Waals surface area contributed by atoms with Crippen LogP contribution in [0, 0.1) is 6.92 Å². The number of hydrogen-bond acceptors (Lipinski definition) is 5. The highest BCUT2D eigenvalue weighted by molar-refractivity contribution is 9.10. The van der Waals surface area contributed by atoms with Gasteiger partial charge in [-0.2, -0.15) is 0 Å². The Morgan fingerprint density at radius 2 is 1.83 bits per heavy atom. The summed E-state index contributed by atoms with van der Waals surface area (Å²) in [6, 6.07) is 11.2. The van der Waals surface area contributed by atoms with E-state index in [0.717, 1.165) is 4.47 Å². The van der Waals surface area contributed by atoms with Crippen molar-refractivity contribution in [2.24, 2.45) is 0 Å². The Kier molecular flexibility index (Phi) is 5.84. The van der Waals surface area contributed by atoms with E-state index in [0.29, 0.717) is 17.0 Å². The molecule has 0 heterocycles. The summed E-state index contributed by atoms with van der Waals surface area (Å²) in [6.07, 6.45) is 0. The number of benzene rings is 2. The maximum atomic E-state index is 12.4. The zero-order valence-electron chi connectivity index (χ0n) is 13.1. The number of sulfonamides is 1. The lowest BCUT2D eigenvalue weighted by Crippen LogP contribution is -2.14. The Bertz CT molecular complexity index is 834. The van der Waals surface area contributed by atoms with Gasteiger partial charge in [-0.3, -0.25) is 4.72 Å². The number of nitrogens with one attached hydrogen (secondary N) is 1. The van der Waals surface area contributed by atoms with Gasteiger partial charge in [0.2, 0.25) is 0 Å². The Balaban J connectivity index is 2.17. The van der Waals surface area contributed by atoms with Crippen LogP contribution in [0.5, 0.6) is 5.75 Å². The van der Waals surface area contributed by atoms with Crippen LogP contribution in [0.25, 0.3) is 0 Å². The number of hydrogen-bond donors (Lipinski definition) is 1. The molecule has 2 aromatic carbocycles. The van der Waals surface area contributed by atoms with E-state index in [2.05, 4.69) is 25.4 Å². The monoisotopic (exact) mass is 413 g/mol. The molecule has 0 amide bonds. The number of ether oxygens (including phenoxy) is 2. The lowest BCUT2D eigenvalue weighted by atomic mass is 10.2. The van der Waals surface area contributed by atoms with Crippen LogP contribution in [-0.4, -0.2) is 28.1 Å². The van der Waals surface area contributed by atoms with Crippen LogP contribution in [0.15, 0.2) is 51.8 Å². The second-order valence-corrected chi connectivity index (χ2v) is 7.50. The molecule has 0 saturated carbocycles. The average molecular weight is 414 g/mol. The largest absolute Gasteiger partial charge is 0.482 e. The molecule has 0 radical (unpaired) electrons. The van der Waals surface area contributed by atoms with E-state index in [1.807, 2.05) is 0 Å². The lowest BCUT2D eigenvalue weighted by Gasteiger charge is -2.12. The Morgan fingerprint density at radius 1 is 1.17 bits per heavy atom. The third-order valence-corrected chi connectivity index (χ3v) is 5.03. The van der Waals surface area contributed by atoms with Gasteiger partial charge in [-0.05, 0) is 55.0 Å². The summed E-state index contributed by atoms with van der Waals surface area (Å²) in [7, 11) is -2.45. The first-order chi connectivity index (χ1) is 11.3. The molecule has 0 spiro atoms. The molecule has 0 atom stereocenters. The zero-order valence-corrected chi connectivity index (χ0v) is 15.5. The molecule has 2 rings (SSSR count). The number of rotatable bonds is 6. The fraction of sp³-hybridized carbons (Fsp3) is 0.188. The smallest absolute Gasteiger partial charge is 0.343 e. The molecule has 24 heavy (non-hydrogen) atoms. The number of halogens is 1. The Hall–Kier alpha value is -2.06. The summed E-state index contributed by atoms with van der Waals surface area (Å²) in [6.45, 7) is 1.46. The normalized spacial score (nSPS) is 11.0. The molecule has 8 heteroatoms. The molecular formula is C16H16BrNO5S. The van der Waals surface area contributed by atoms with Crippen molar-refractivity contribution in [3.05, 3.63) is 52.5 Å². The van der Waals surface area contributed by atoms with Gasteiger partial charge in [0.05, 0.1) is 12.0 Å². The van der Waals surface area contributed by atoms with Crippen molar-refractivity contribution >= 4 is 37.6 Å². The van der Waals surface area contributed by atoms with Gasteiger partial charge in [-0.25, -0.2) is 13.2 Å². The van der Waals surface area contributed by atoms with E-state index >= 15 is 0 Å². The van der Waals surface area contributed by atoms with Crippen LogP contribution in [-0.2, 0) is 19.6 Å². The van der Waals surface area contributed by atoms with E-state index < -0.39 is 16.0 Å². The molecule has 0 aliphatic heterocycles. The van der Waals surface area contributed by atoms with E-state index in [-0.39, 0.29) is 11.5 Å². The van der Waals surface area contributed by atoms with E-state index in [1.165, 1.54) is 25.3 Å². The first-order valence-corrected chi connectivity index (χ1v) is 9.18. The van der Waals surface area contributed by atoms with Crippen molar-refractivity contribution in [2.75, 3.05) is 18.4 Å². The van der Waals surface area contributed by atoms with Crippen LogP contribution in [0.4, 0.5) is 5.69 Å². The highest BCUT2D eigenvalue weighted by Gasteiger charge is 2.16. The van der Waals surface area contributed by atoms with Crippen LogP contribution in [0.2, 0.25) is 0 Å². The fourth-order valence-electron chi connectivity index (χ4n) is 1.88. The molecule has 0 fully saturated rings. The minimum atomic E-state index is -3.71. The summed E-state index contributed by atoms with van der Waals surface area (Å²) in [4.78, 5) is 11.2. The van der Waals surface area contributed by atoms with Crippen molar-refractivity contribution in [1.82, 2.24) is 0 Å². The molecule has 6 nitrogen and oxygen atoms in total. The molecule has 0 aliphatic rings. The number of aryl methyl sites for hydroxylation is 1. The second-order valence-electron chi connectivity index (χ2n) is 4.90. The topological polar surface area (TPSA) is 81.7 Å². The van der Waals surface area contributed by atoms with E-state index in [9.17, 15) is 13.2 Å². The number of carbonyl (C=O) groups excluding carboxylic acids is 1. The third kappa shape index (κ3) is 4.72. The predicted octanol–water partition coefficient (Wildman–Crippen LogP) is 3.11. The van der Waals surface area contributed by atoms with E-state index in [1.54, 1.807) is 31.2 Å². The van der Waals surface area contributed by atoms with Gasteiger partial charge in [-0.1, -0.05) is 15.9 Å². The van der Waals surface area contributed by atoms with Gasteiger partial charge < -0.3 is 9.47 Å². The number of esters is 1. The summed E-state index contributed by atoms with van der Waals surface area (Å²) in [5.41, 5.74) is 1.06. The quantitative estimate of drug-likeness (QED) is 0.735. The molecule has 0 unspecified atom stereocenters. The first kappa shape index (κ1) is 18.3. The van der Waals surface area contributed by atoms with Crippen molar-refractivity contribution < 1.29 is 22.7 Å². The van der Waals surface area contributed by atoms with Gasteiger partial charge in [0, 0.05) is 10.2 Å². The molecule has 128 valence electrons. The van der Waals surface area contributed by atoms with Crippen LogP contribution in [0.3, 0.4) is 0 Å². The standard InChI is InChI=1S/C16H16BrNO5S/c1-11-9-14(7-8-15(11)23-10-16(19)22-2)24(20,21)18-13-5-3-12(17)4-6-13/h3-9,18H,10H2,1-2H3. The summed E-state index contributed by atoms with van der Waals surface area (Å²) < 4.78 is 38.0. The van der Waals surface area contributed by atoms with Gasteiger partial charge in [0.25, 0.3) is 10.0 Å². The SMILES string of the molecule is COC(=O)COc1ccc(S(=O)(=O)Nc2ccc(Br)cc2)cc1C. The average Bonchev–Trinajstić information content (AvgIpc) is 2.55. The van der Waals surface area contributed by atoms with Crippen LogP contribution in [0.1, 0.15) is 5.56 Å². The number of carbonyl (C=O) groups is 1. The molecule has 0 bridgehead atoms. The Morgan fingerprint density at radius 3 is 2.42 bits per heavy atom. The summed E-state index contributed by atoms with van der Waals surface area (Å²) in [5.74, 6) is -0.0917. The zero-order chi connectivity index (χ0) is 17.7. The number of anilines is 1. The molecule has 1 N–H and O–H groups in total. The molecule has 0 saturated heterocycles. The van der Waals surface area contributed by atoms with Gasteiger partial charge in [0.15, 0.2) is 6.61 Å². The van der Waals surface area contributed by atoms with Gasteiger partial charge >= 0.3 is 5.97 Å². The van der Waals surface area contributed by atoms with Crippen molar-refractivity contribution in [2.45, 2.75) is 11.8 Å². The maximum Gasteiger partial charge on any atom is 0.343 e. The maximum absolute atomic E-state index is 12.4. The van der Waals surface area contributed by atoms with Gasteiger partial charge in [0.1, 0.15) is 5.75 Å². The second kappa shape index (κ2) is 7.67. The third-order valence-electron chi connectivity index (χ3n) is 3.13. The minimum Gasteiger partial charge on any atom is -0.482 e. The molecular weight excluding hydrogens is 398 g/mol. The lowest BCUT2D eigenvalue weighted by molar-refractivity contribution is -0.142. The van der Waals surface area contributed by atoms with Crippen molar-refractivity contribution in [1.29, 1.82) is 0 Å². The predicted molar refractivity (Wildman–Crippen MR) is 93.6 cm³/mol. The first-order valence-electron chi connectivity index (χ1n) is 6.90. The van der Waals surface area contributed by atoms with Crippen LogP contribution >= 0.6 is 15.9 Å². The van der Waals surface area contributed by atoms with E-state index in [4.69, 9.17) is 4.74 Å². The van der Waals surface area contributed by atoms with Crippen LogP contribution < -0.4 is 9.46 Å². The highest BCUT2D eigenvalue weighted by Crippen LogP contribution is 2.24. The van der Waals surface area contributed by atoms with Crippen molar-refractivity contribution in [3.63, 3.8) is 0 Å². The molecule has 2 aromatic rings. The van der Waals surface area contributed by atoms with Crippen molar-refractivity contribution in [3.8, 4) is 5.75 Å². The fourth-order valence-corrected chi connectivity index (χ4v) is 3.29.